The normalized spacial score (nSPS) is 16.0. The van der Waals surface area contributed by atoms with Gasteiger partial charge in [-0.25, -0.2) is 13.4 Å². The lowest BCUT2D eigenvalue weighted by atomic mass is 9.97. The van der Waals surface area contributed by atoms with Crippen LogP contribution >= 0.6 is 23.1 Å². The Hall–Kier alpha value is -1.94. The van der Waals surface area contributed by atoms with Crippen molar-refractivity contribution in [3.8, 4) is 0 Å². The maximum Gasteiger partial charge on any atom is 0.243 e. The zero-order chi connectivity index (χ0) is 22.9. The van der Waals surface area contributed by atoms with Crippen molar-refractivity contribution in [1.29, 1.82) is 0 Å². The van der Waals surface area contributed by atoms with Gasteiger partial charge in [-0.1, -0.05) is 31.3 Å². The molecule has 0 bridgehead atoms. The second-order valence-electron chi connectivity index (χ2n) is 8.24. The fourth-order valence-electron chi connectivity index (χ4n) is 3.82. The lowest BCUT2D eigenvalue weighted by molar-refractivity contribution is -0.120. The summed E-state index contributed by atoms with van der Waals surface area (Å²) in [6, 6.07) is 13.1. The van der Waals surface area contributed by atoms with Gasteiger partial charge in [-0.15, -0.1) is 11.8 Å². The SMILES string of the molecule is CSc1ccc(S(=O)(=O)N2CCC(C(=O)Nc3nc4ccc(C(C)C)cc4s3)CC2)cc1. The van der Waals surface area contributed by atoms with Crippen molar-refractivity contribution in [2.75, 3.05) is 24.7 Å². The zero-order valence-corrected chi connectivity index (χ0v) is 20.8. The first-order valence-corrected chi connectivity index (χ1v) is 14.1. The molecule has 2 heterocycles. The molecule has 0 atom stereocenters. The number of carbonyl (C=O) groups is 1. The molecular weight excluding hydrogens is 462 g/mol. The van der Waals surface area contributed by atoms with Gasteiger partial charge in [0, 0.05) is 23.9 Å². The maximum absolute atomic E-state index is 12.9. The molecule has 6 nitrogen and oxygen atoms in total. The third-order valence-corrected chi connectivity index (χ3v) is 9.42. The molecule has 0 radical (unpaired) electrons. The van der Waals surface area contributed by atoms with Gasteiger partial charge in [-0.05, 0) is 67.0 Å². The molecule has 9 heteroatoms. The van der Waals surface area contributed by atoms with Crippen LogP contribution in [0.5, 0.6) is 0 Å². The summed E-state index contributed by atoms with van der Waals surface area (Å²) in [6.07, 6.45) is 2.95. The average Bonchev–Trinajstić information content (AvgIpc) is 3.20. The molecule has 0 spiro atoms. The Balaban J connectivity index is 1.38. The fourth-order valence-corrected chi connectivity index (χ4v) is 6.61. The van der Waals surface area contributed by atoms with E-state index in [1.165, 1.54) is 21.2 Å². The van der Waals surface area contributed by atoms with Gasteiger partial charge < -0.3 is 5.32 Å². The fraction of sp³-hybridized carbons (Fsp3) is 0.391. The first-order valence-electron chi connectivity index (χ1n) is 10.6. The van der Waals surface area contributed by atoms with Crippen LogP contribution in [0, 0.1) is 5.92 Å². The standard InChI is InChI=1S/C23H27N3O3S3/c1-15(2)17-4-9-20-21(14-17)31-23(24-20)25-22(27)16-10-12-26(13-11-16)32(28,29)19-7-5-18(30-3)6-8-19/h4-9,14-16H,10-13H2,1-3H3,(H,24,25,27). The van der Waals surface area contributed by atoms with Crippen molar-refractivity contribution in [2.45, 2.75) is 42.4 Å². The molecule has 1 aliphatic rings. The number of sulfonamides is 1. The van der Waals surface area contributed by atoms with E-state index < -0.39 is 10.0 Å². The van der Waals surface area contributed by atoms with Crippen LogP contribution in [0.3, 0.4) is 0 Å². The van der Waals surface area contributed by atoms with Crippen molar-refractivity contribution >= 4 is 54.4 Å². The van der Waals surface area contributed by atoms with Crippen LogP contribution in [0.1, 0.15) is 38.2 Å². The van der Waals surface area contributed by atoms with Crippen molar-refractivity contribution in [3.05, 3.63) is 48.0 Å². The Labute approximate surface area is 197 Å². The highest BCUT2D eigenvalue weighted by Gasteiger charge is 2.32. The largest absolute Gasteiger partial charge is 0.302 e. The topological polar surface area (TPSA) is 79.4 Å². The van der Waals surface area contributed by atoms with E-state index in [1.54, 1.807) is 23.9 Å². The molecule has 0 aliphatic carbocycles. The monoisotopic (exact) mass is 489 g/mol. The number of carbonyl (C=O) groups excluding carboxylic acids is 1. The first-order chi connectivity index (χ1) is 15.3. The van der Waals surface area contributed by atoms with Gasteiger partial charge in [0.1, 0.15) is 0 Å². The molecule has 2 aromatic carbocycles. The number of hydrogen-bond acceptors (Lipinski definition) is 6. The number of piperidine rings is 1. The predicted octanol–water partition coefficient (Wildman–Crippen LogP) is 5.18. The zero-order valence-electron chi connectivity index (χ0n) is 18.4. The first kappa shape index (κ1) is 23.2. The van der Waals surface area contributed by atoms with E-state index in [0.717, 1.165) is 15.1 Å². The molecule has 1 aromatic heterocycles. The molecule has 1 fully saturated rings. The van der Waals surface area contributed by atoms with Gasteiger partial charge in [0.25, 0.3) is 0 Å². The molecule has 1 aliphatic heterocycles. The number of fused-ring (bicyclic) bond motifs is 1. The minimum Gasteiger partial charge on any atom is -0.302 e. The van der Waals surface area contributed by atoms with E-state index >= 15 is 0 Å². The van der Waals surface area contributed by atoms with Gasteiger partial charge >= 0.3 is 0 Å². The highest BCUT2D eigenvalue weighted by molar-refractivity contribution is 7.98. The van der Waals surface area contributed by atoms with Crippen LogP contribution in [0.2, 0.25) is 0 Å². The second-order valence-corrected chi connectivity index (χ2v) is 12.1. The van der Waals surface area contributed by atoms with Gasteiger partial charge in [-0.2, -0.15) is 4.31 Å². The number of hydrogen-bond donors (Lipinski definition) is 1. The van der Waals surface area contributed by atoms with Gasteiger partial charge in [0.15, 0.2) is 5.13 Å². The molecule has 1 amide bonds. The van der Waals surface area contributed by atoms with E-state index in [1.807, 2.05) is 24.5 Å². The number of aromatic nitrogens is 1. The third kappa shape index (κ3) is 4.85. The van der Waals surface area contributed by atoms with Crippen LogP contribution in [-0.4, -0.2) is 43.0 Å². The number of thiazole rings is 1. The minimum atomic E-state index is -3.54. The summed E-state index contributed by atoms with van der Waals surface area (Å²) in [7, 11) is -3.54. The summed E-state index contributed by atoms with van der Waals surface area (Å²) < 4.78 is 28.4. The third-order valence-electron chi connectivity index (χ3n) is 5.83. The number of anilines is 1. The van der Waals surface area contributed by atoms with Crippen molar-refractivity contribution in [2.24, 2.45) is 5.92 Å². The van der Waals surface area contributed by atoms with Gasteiger partial charge in [-0.3, -0.25) is 4.79 Å². The smallest absolute Gasteiger partial charge is 0.243 e. The van der Waals surface area contributed by atoms with Crippen LogP contribution in [0.4, 0.5) is 5.13 Å². The lowest BCUT2D eigenvalue weighted by Crippen LogP contribution is -2.41. The van der Waals surface area contributed by atoms with E-state index in [2.05, 4.69) is 36.3 Å². The molecule has 170 valence electrons. The van der Waals surface area contributed by atoms with E-state index in [9.17, 15) is 13.2 Å². The molecular formula is C23H27N3O3S3. The molecule has 1 saturated heterocycles. The molecule has 32 heavy (non-hydrogen) atoms. The van der Waals surface area contributed by atoms with Crippen LogP contribution < -0.4 is 5.32 Å². The summed E-state index contributed by atoms with van der Waals surface area (Å²) in [4.78, 5) is 18.7. The Kier molecular flexibility index (Phi) is 6.90. The maximum atomic E-state index is 12.9. The molecule has 1 N–H and O–H groups in total. The highest BCUT2D eigenvalue weighted by atomic mass is 32.2. The molecule has 4 rings (SSSR count). The van der Waals surface area contributed by atoms with E-state index in [0.29, 0.717) is 41.9 Å². The summed E-state index contributed by atoms with van der Waals surface area (Å²) in [5, 5.41) is 3.54. The predicted molar refractivity (Wildman–Crippen MR) is 132 cm³/mol. The summed E-state index contributed by atoms with van der Waals surface area (Å²) in [5.74, 6) is 0.123. The molecule has 0 saturated carbocycles. The number of nitrogens with one attached hydrogen (secondary N) is 1. The molecule has 3 aromatic rings. The quantitative estimate of drug-likeness (QED) is 0.483. The lowest BCUT2D eigenvalue weighted by Gasteiger charge is -2.30. The Morgan fingerprint density at radius 3 is 2.47 bits per heavy atom. The van der Waals surface area contributed by atoms with Crippen molar-refractivity contribution in [3.63, 3.8) is 0 Å². The number of nitrogens with zero attached hydrogens (tertiary/aromatic N) is 2. The number of amides is 1. The highest BCUT2D eigenvalue weighted by Crippen LogP contribution is 2.31. The number of benzene rings is 2. The number of thioether (sulfide) groups is 1. The van der Waals surface area contributed by atoms with Crippen molar-refractivity contribution < 1.29 is 13.2 Å². The Morgan fingerprint density at radius 1 is 1.16 bits per heavy atom. The van der Waals surface area contributed by atoms with Crippen LogP contribution in [0.25, 0.3) is 10.2 Å². The molecule has 0 unspecified atom stereocenters. The van der Waals surface area contributed by atoms with Gasteiger partial charge in [0.05, 0.1) is 15.1 Å². The van der Waals surface area contributed by atoms with Crippen LogP contribution in [-0.2, 0) is 14.8 Å². The average molecular weight is 490 g/mol. The summed E-state index contributed by atoms with van der Waals surface area (Å²) in [6.45, 7) is 4.97. The minimum absolute atomic E-state index is 0.0884. The summed E-state index contributed by atoms with van der Waals surface area (Å²) >= 11 is 3.05. The second kappa shape index (κ2) is 9.51. The van der Waals surface area contributed by atoms with E-state index in [-0.39, 0.29) is 11.8 Å². The van der Waals surface area contributed by atoms with E-state index in [4.69, 9.17) is 0 Å². The Bertz CT molecular complexity index is 1210. The van der Waals surface area contributed by atoms with Crippen molar-refractivity contribution in [1.82, 2.24) is 9.29 Å². The summed E-state index contributed by atoms with van der Waals surface area (Å²) in [5.41, 5.74) is 2.12. The van der Waals surface area contributed by atoms with Gasteiger partial charge in [0.2, 0.25) is 15.9 Å². The number of rotatable bonds is 6. The Morgan fingerprint density at radius 2 is 1.84 bits per heavy atom. The van der Waals surface area contributed by atoms with Crippen LogP contribution in [0.15, 0.2) is 52.3 Å².